The summed E-state index contributed by atoms with van der Waals surface area (Å²) in [5, 5.41) is 2.74. The lowest BCUT2D eigenvalue weighted by molar-refractivity contribution is -0.188. The van der Waals surface area contributed by atoms with Crippen LogP contribution in [0.15, 0.2) is 0 Å². The first-order chi connectivity index (χ1) is 9.43. The Morgan fingerprint density at radius 1 is 1.15 bits per heavy atom. The van der Waals surface area contributed by atoms with Crippen LogP contribution in [0, 0.1) is 5.92 Å². The molecule has 0 aromatic rings. The Hall–Kier alpha value is -1.14. The van der Waals surface area contributed by atoms with E-state index >= 15 is 0 Å². The van der Waals surface area contributed by atoms with E-state index < -0.39 is 11.8 Å². The fourth-order valence-corrected chi connectivity index (χ4v) is 2.78. The fourth-order valence-electron chi connectivity index (χ4n) is 2.78. The van der Waals surface area contributed by atoms with E-state index in [0.717, 1.165) is 0 Å². The van der Waals surface area contributed by atoms with Crippen LogP contribution < -0.4 is 5.32 Å². The third-order valence-corrected chi connectivity index (χ3v) is 3.94. The summed E-state index contributed by atoms with van der Waals surface area (Å²) in [5.41, 5.74) is 0. The number of piperidine rings is 1. The minimum Gasteiger partial charge on any atom is -0.347 e. The molecule has 0 aromatic carbocycles. The molecule has 2 rings (SSSR count). The van der Waals surface area contributed by atoms with Gasteiger partial charge in [0.15, 0.2) is 5.79 Å². The maximum Gasteiger partial charge on any atom is 0.245 e. The van der Waals surface area contributed by atoms with Crippen LogP contribution in [0.2, 0.25) is 0 Å². The molecule has 2 amide bonds. The topological polar surface area (TPSA) is 67.9 Å². The number of hydrogen-bond donors (Lipinski definition) is 1. The van der Waals surface area contributed by atoms with Gasteiger partial charge in [-0.25, -0.2) is 0 Å². The quantitative estimate of drug-likeness (QED) is 0.820. The molecule has 2 saturated heterocycles. The van der Waals surface area contributed by atoms with Crippen molar-refractivity contribution in [1.82, 2.24) is 10.2 Å². The van der Waals surface area contributed by atoms with E-state index in [4.69, 9.17) is 9.47 Å². The Morgan fingerprint density at radius 2 is 1.70 bits per heavy atom. The molecule has 6 heteroatoms. The normalized spacial score (nSPS) is 23.1. The highest BCUT2D eigenvalue weighted by atomic mass is 16.7. The van der Waals surface area contributed by atoms with Crippen molar-refractivity contribution in [1.29, 1.82) is 0 Å². The van der Waals surface area contributed by atoms with Gasteiger partial charge in [-0.2, -0.15) is 0 Å². The molecule has 0 unspecified atom stereocenters. The summed E-state index contributed by atoms with van der Waals surface area (Å²) >= 11 is 0. The molecule has 0 bridgehead atoms. The van der Waals surface area contributed by atoms with Gasteiger partial charge in [0.25, 0.3) is 0 Å². The highest BCUT2D eigenvalue weighted by molar-refractivity contribution is 5.87. The standard InChI is InChI=1S/C14H24N2O4/c1-10(2)12(15-11(3)17)13(18)16-6-4-14(5-7-16)19-8-9-20-14/h10,12H,4-9H2,1-3H3,(H,15,17)/t12-/m1/s1. The van der Waals surface area contributed by atoms with Crippen LogP contribution in [0.3, 0.4) is 0 Å². The second-order valence-electron chi connectivity index (χ2n) is 5.86. The SMILES string of the molecule is CC(=O)N[C@@H](C(=O)N1CCC2(CC1)OCCO2)C(C)C. The van der Waals surface area contributed by atoms with E-state index in [0.29, 0.717) is 39.1 Å². The van der Waals surface area contributed by atoms with Crippen LogP contribution in [-0.2, 0) is 19.1 Å². The van der Waals surface area contributed by atoms with Gasteiger partial charge < -0.3 is 19.7 Å². The van der Waals surface area contributed by atoms with Crippen LogP contribution in [0.5, 0.6) is 0 Å². The number of carbonyl (C=O) groups excluding carboxylic acids is 2. The average Bonchev–Trinajstić information content (AvgIpc) is 2.84. The zero-order valence-corrected chi connectivity index (χ0v) is 12.5. The first-order valence-corrected chi connectivity index (χ1v) is 7.27. The van der Waals surface area contributed by atoms with Crippen molar-refractivity contribution in [3.63, 3.8) is 0 Å². The number of likely N-dealkylation sites (tertiary alicyclic amines) is 1. The van der Waals surface area contributed by atoms with Gasteiger partial charge in [0, 0.05) is 32.9 Å². The first kappa shape index (κ1) is 15.3. The number of amides is 2. The summed E-state index contributed by atoms with van der Waals surface area (Å²) in [6.07, 6.45) is 1.40. The maximum absolute atomic E-state index is 12.5. The van der Waals surface area contributed by atoms with Crippen LogP contribution >= 0.6 is 0 Å². The molecule has 1 atom stereocenters. The van der Waals surface area contributed by atoms with Crippen molar-refractivity contribution in [3.05, 3.63) is 0 Å². The summed E-state index contributed by atoms with van der Waals surface area (Å²) in [6.45, 7) is 7.81. The van der Waals surface area contributed by atoms with Crippen molar-refractivity contribution >= 4 is 11.8 Å². The second-order valence-corrected chi connectivity index (χ2v) is 5.86. The van der Waals surface area contributed by atoms with Crippen molar-refractivity contribution in [3.8, 4) is 0 Å². The van der Waals surface area contributed by atoms with Crippen LogP contribution in [-0.4, -0.2) is 54.8 Å². The smallest absolute Gasteiger partial charge is 0.245 e. The summed E-state index contributed by atoms with van der Waals surface area (Å²) in [5.74, 6) is -0.588. The molecule has 1 spiro atoms. The molecule has 114 valence electrons. The predicted octanol–water partition coefficient (Wildman–Crippen LogP) is 0.513. The fraction of sp³-hybridized carbons (Fsp3) is 0.857. The van der Waals surface area contributed by atoms with Gasteiger partial charge >= 0.3 is 0 Å². The van der Waals surface area contributed by atoms with Gasteiger partial charge in [0.05, 0.1) is 13.2 Å². The van der Waals surface area contributed by atoms with Gasteiger partial charge in [-0.3, -0.25) is 9.59 Å². The van der Waals surface area contributed by atoms with E-state index in [1.165, 1.54) is 6.92 Å². The molecule has 0 radical (unpaired) electrons. The van der Waals surface area contributed by atoms with Gasteiger partial charge in [0.2, 0.25) is 11.8 Å². The number of rotatable bonds is 3. The lowest BCUT2D eigenvalue weighted by Gasteiger charge is -2.39. The van der Waals surface area contributed by atoms with Crippen molar-refractivity contribution < 1.29 is 19.1 Å². The maximum atomic E-state index is 12.5. The second kappa shape index (κ2) is 6.10. The summed E-state index contributed by atoms with van der Waals surface area (Å²) in [6, 6.07) is -0.452. The van der Waals surface area contributed by atoms with Crippen molar-refractivity contribution in [2.45, 2.75) is 45.4 Å². The van der Waals surface area contributed by atoms with Gasteiger partial charge in [-0.05, 0) is 5.92 Å². The third kappa shape index (κ3) is 3.30. The molecule has 2 aliphatic heterocycles. The molecule has 6 nitrogen and oxygen atoms in total. The molecule has 0 saturated carbocycles. The average molecular weight is 284 g/mol. The van der Waals surface area contributed by atoms with Crippen molar-refractivity contribution in [2.24, 2.45) is 5.92 Å². The highest BCUT2D eigenvalue weighted by Gasteiger charge is 2.42. The minimum absolute atomic E-state index is 0.0111. The van der Waals surface area contributed by atoms with Crippen LogP contribution in [0.25, 0.3) is 0 Å². The Kier molecular flexibility index (Phi) is 4.65. The first-order valence-electron chi connectivity index (χ1n) is 7.27. The molecule has 1 N–H and O–H groups in total. The van der Waals surface area contributed by atoms with Gasteiger partial charge in [-0.15, -0.1) is 0 Å². The van der Waals surface area contributed by atoms with E-state index in [9.17, 15) is 9.59 Å². The Morgan fingerprint density at radius 3 is 2.15 bits per heavy atom. The van der Waals surface area contributed by atoms with Crippen LogP contribution in [0.4, 0.5) is 0 Å². The Balaban J connectivity index is 1.94. The van der Waals surface area contributed by atoms with Gasteiger partial charge in [-0.1, -0.05) is 13.8 Å². The number of ether oxygens (including phenoxy) is 2. The van der Waals surface area contributed by atoms with Crippen LogP contribution in [0.1, 0.15) is 33.6 Å². The molecule has 2 aliphatic rings. The number of nitrogens with one attached hydrogen (secondary N) is 1. The number of nitrogens with zero attached hydrogens (tertiary/aromatic N) is 1. The Labute approximate surface area is 119 Å². The summed E-state index contributed by atoms with van der Waals surface area (Å²) in [7, 11) is 0. The van der Waals surface area contributed by atoms with E-state index in [1.54, 1.807) is 4.90 Å². The molecule has 20 heavy (non-hydrogen) atoms. The van der Waals surface area contributed by atoms with E-state index in [1.807, 2.05) is 13.8 Å². The lowest BCUT2D eigenvalue weighted by atomic mass is 9.99. The van der Waals surface area contributed by atoms with E-state index in [2.05, 4.69) is 5.32 Å². The lowest BCUT2D eigenvalue weighted by Crippen LogP contribution is -2.55. The minimum atomic E-state index is -0.474. The van der Waals surface area contributed by atoms with Crippen molar-refractivity contribution in [2.75, 3.05) is 26.3 Å². The monoisotopic (exact) mass is 284 g/mol. The third-order valence-electron chi connectivity index (χ3n) is 3.94. The number of carbonyl (C=O) groups is 2. The van der Waals surface area contributed by atoms with E-state index in [-0.39, 0.29) is 17.7 Å². The summed E-state index contributed by atoms with van der Waals surface area (Å²) < 4.78 is 11.3. The number of hydrogen-bond acceptors (Lipinski definition) is 4. The molecular weight excluding hydrogens is 260 g/mol. The predicted molar refractivity (Wildman–Crippen MR) is 72.9 cm³/mol. The molecule has 0 aromatic heterocycles. The Bertz CT molecular complexity index is 367. The van der Waals surface area contributed by atoms with Gasteiger partial charge in [0.1, 0.15) is 6.04 Å². The zero-order valence-electron chi connectivity index (χ0n) is 12.5. The largest absolute Gasteiger partial charge is 0.347 e. The summed E-state index contributed by atoms with van der Waals surface area (Å²) in [4.78, 5) is 25.5. The molecular formula is C14H24N2O4. The zero-order chi connectivity index (χ0) is 14.8. The molecule has 0 aliphatic carbocycles. The highest BCUT2D eigenvalue weighted by Crippen LogP contribution is 2.31. The molecule has 2 fully saturated rings. The molecule has 2 heterocycles.